The molecule has 0 unspecified atom stereocenters. The van der Waals surface area contributed by atoms with Crippen molar-refractivity contribution >= 4 is 11.8 Å². The van der Waals surface area contributed by atoms with Crippen molar-refractivity contribution in [1.29, 1.82) is 0 Å². The van der Waals surface area contributed by atoms with Gasteiger partial charge >= 0.3 is 0 Å². The Morgan fingerprint density at radius 3 is 2.56 bits per heavy atom. The Labute approximate surface area is 150 Å². The maximum Gasteiger partial charge on any atom is 0.228 e. The molecule has 0 spiro atoms. The Morgan fingerprint density at radius 1 is 1.28 bits per heavy atom. The average Bonchev–Trinajstić information content (AvgIpc) is 2.62. The van der Waals surface area contributed by atoms with Crippen LogP contribution in [0.1, 0.15) is 43.9 Å². The maximum absolute atomic E-state index is 13.1. The van der Waals surface area contributed by atoms with Gasteiger partial charge in [0.25, 0.3) is 0 Å². The Kier molecular flexibility index (Phi) is 7.00. The Morgan fingerprint density at radius 2 is 1.96 bits per heavy atom. The van der Waals surface area contributed by atoms with E-state index in [-0.39, 0.29) is 23.8 Å². The minimum atomic E-state index is -0.217. The van der Waals surface area contributed by atoms with E-state index in [1.165, 1.54) is 0 Å². The zero-order valence-electron chi connectivity index (χ0n) is 15.8. The molecule has 2 rings (SSSR count). The number of amides is 2. The van der Waals surface area contributed by atoms with Gasteiger partial charge in [0.05, 0.1) is 18.6 Å². The van der Waals surface area contributed by atoms with Crippen LogP contribution in [0.15, 0.2) is 24.3 Å². The van der Waals surface area contributed by atoms with E-state index < -0.39 is 0 Å². The summed E-state index contributed by atoms with van der Waals surface area (Å²) in [6.07, 6.45) is 1.03. The summed E-state index contributed by atoms with van der Waals surface area (Å²) in [4.78, 5) is 29.5. The van der Waals surface area contributed by atoms with Gasteiger partial charge in [0.15, 0.2) is 0 Å². The van der Waals surface area contributed by atoms with Gasteiger partial charge in [-0.25, -0.2) is 0 Å². The van der Waals surface area contributed by atoms with Crippen molar-refractivity contribution in [2.45, 2.75) is 39.7 Å². The van der Waals surface area contributed by atoms with Crippen LogP contribution in [0.25, 0.3) is 0 Å². The van der Waals surface area contributed by atoms with E-state index >= 15 is 0 Å². The summed E-state index contributed by atoms with van der Waals surface area (Å²) in [5.74, 6) is 0.0534. The van der Waals surface area contributed by atoms with Crippen molar-refractivity contribution in [2.75, 3.05) is 33.4 Å². The minimum Gasteiger partial charge on any atom is -0.383 e. The number of piperidine rings is 1. The fraction of sp³-hybridized carbons (Fsp3) is 0.600. The number of carbonyl (C=O) groups excluding carboxylic acids is 2. The monoisotopic (exact) mass is 346 g/mol. The molecule has 1 fully saturated rings. The lowest BCUT2D eigenvalue weighted by atomic mass is 9.81. The Hall–Kier alpha value is -1.88. The molecule has 0 bridgehead atoms. The minimum absolute atomic E-state index is 0.105. The lowest BCUT2D eigenvalue weighted by Gasteiger charge is -2.42. The number of nitrogens with zero attached hydrogens (tertiary/aromatic N) is 2. The molecule has 0 aromatic heterocycles. The maximum atomic E-state index is 13.1. The molecule has 0 radical (unpaired) electrons. The summed E-state index contributed by atoms with van der Waals surface area (Å²) in [7, 11) is 1.63. The van der Waals surface area contributed by atoms with Crippen LogP contribution in [0.3, 0.4) is 0 Å². The van der Waals surface area contributed by atoms with Crippen LogP contribution in [-0.4, -0.2) is 55.0 Å². The molecular formula is C20H30N2O3. The van der Waals surface area contributed by atoms with Crippen LogP contribution < -0.4 is 0 Å². The second-order valence-electron chi connectivity index (χ2n) is 6.54. The molecule has 1 aliphatic rings. The van der Waals surface area contributed by atoms with Gasteiger partial charge in [-0.15, -0.1) is 0 Å². The SMILES string of the molecule is CCN(CC)C(=O)[C@@H]1CCC(=O)N(CCOC)[C@H]1c1ccccc1C. The lowest BCUT2D eigenvalue weighted by molar-refractivity contribution is -0.148. The van der Waals surface area contributed by atoms with Crippen molar-refractivity contribution in [2.24, 2.45) is 5.92 Å². The molecule has 1 aromatic carbocycles. The summed E-state index contributed by atoms with van der Waals surface area (Å²) >= 11 is 0. The highest BCUT2D eigenvalue weighted by Crippen LogP contribution is 2.39. The molecule has 1 aromatic rings. The number of benzene rings is 1. The molecule has 2 amide bonds. The zero-order valence-corrected chi connectivity index (χ0v) is 15.8. The van der Waals surface area contributed by atoms with Crippen molar-refractivity contribution in [1.82, 2.24) is 9.80 Å². The highest BCUT2D eigenvalue weighted by Gasteiger charge is 2.41. The van der Waals surface area contributed by atoms with E-state index in [1.807, 2.05) is 54.8 Å². The first-order valence-corrected chi connectivity index (χ1v) is 9.17. The number of likely N-dealkylation sites (tertiary alicyclic amines) is 1. The number of aryl methyl sites for hydroxylation is 1. The van der Waals surface area contributed by atoms with Crippen molar-refractivity contribution in [3.8, 4) is 0 Å². The van der Waals surface area contributed by atoms with E-state index in [4.69, 9.17) is 4.74 Å². The summed E-state index contributed by atoms with van der Waals surface area (Å²) < 4.78 is 5.20. The number of hydrogen-bond donors (Lipinski definition) is 0. The third kappa shape index (κ3) is 4.21. The first-order chi connectivity index (χ1) is 12.0. The summed E-state index contributed by atoms with van der Waals surface area (Å²) in [5, 5.41) is 0. The number of carbonyl (C=O) groups is 2. The number of ether oxygens (including phenoxy) is 1. The lowest BCUT2D eigenvalue weighted by Crippen LogP contribution is -2.50. The first-order valence-electron chi connectivity index (χ1n) is 9.17. The van der Waals surface area contributed by atoms with Gasteiger partial charge in [-0.2, -0.15) is 0 Å². The van der Waals surface area contributed by atoms with Gasteiger partial charge in [0.1, 0.15) is 0 Å². The number of rotatable bonds is 7. The van der Waals surface area contributed by atoms with Crippen molar-refractivity contribution < 1.29 is 14.3 Å². The van der Waals surface area contributed by atoms with Gasteiger partial charge < -0.3 is 14.5 Å². The fourth-order valence-electron chi connectivity index (χ4n) is 3.74. The molecule has 1 aliphatic heterocycles. The van der Waals surface area contributed by atoms with E-state index in [0.717, 1.165) is 11.1 Å². The van der Waals surface area contributed by atoms with Gasteiger partial charge in [0, 0.05) is 33.2 Å². The van der Waals surface area contributed by atoms with Gasteiger partial charge in [-0.3, -0.25) is 9.59 Å². The van der Waals surface area contributed by atoms with Crippen LogP contribution in [0, 0.1) is 12.8 Å². The molecule has 5 nitrogen and oxygen atoms in total. The third-order valence-electron chi connectivity index (χ3n) is 5.14. The highest BCUT2D eigenvalue weighted by atomic mass is 16.5. The number of hydrogen-bond acceptors (Lipinski definition) is 3. The second-order valence-corrected chi connectivity index (χ2v) is 6.54. The molecule has 5 heteroatoms. The molecule has 1 saturated heterocycles. The summed E-state index contributed by atoms with van der Waals surface area (Å²) in [6, 6.07) is 7.84. The molecular weight excluding hydrogens is 316 g/mol. The standard InChI is InChI=1S/C20H30N2O3/c1-5-21(6-2)20(24)17-11-12-18(23)22(13-14-25-4)19(17)16-10-8-7-9-15(16)3/h7-10,17,19H,5-6,11-14H2,1-4H3/t17-,19+/m1/s1. The molecule has 2 atom stereocenters. The Bertz CT molecular complexity index is 598. The molecule has 138 valence electrons. The van der Waals surface area contributed by atoms with Crippen LogP contribution in [0.5, 0.6) is 0 Å². The van der Waals surface area contributed by atoms with Crippen LogP contribution in [0.4, 0.5) is 0 Å². The zero-order chi connectivity index (χ0) is 18.4. The molecule has 0 saturated carbocycles. The average molecular weight is 346 g/mol. The molecule has 0 N–H and O–H groups in total. The molecule has 0 aliphatic carbocycles. The fourth-order valence-corrected chi connectivity index (χ4v) is 3.74. The van der Waals surface area contributed by atoms with Crippen LogP contribution >= 0.6 is 0 Å². The molecule has 25 heavy (non-hydrogen) atoms. The quantitative estimate of drug-likeness (QED) is 0.763. The first kappa shape index (κ1) is 19.4. The van der Waals surface area contributed by atoms with Gasteiger partial charge in [-0.1, -0.05) is 24.3 Å². The molecule has 1 heterocycles. The van der Waals surface area contributed by atoms with E-state index in [9.17, 15) is 9.59 Å². The Balaban J connectivity index is 2.44. The summed E-state index contributed by atoms with van der Waals surface area (Å²) in [5.41, 5.74) is 2.18. The van der Waals surface area contributed by atoms with E-state index in [2.05, 4.69) is 0 Å². The van der Waals surface area contributed by atoms with Crippen LogP contribution in [-0.2, 0) is 14.3 Å². The van der Waals surface area contributed by atoms with E-state index in [0.29, 0.717) is 39.1 Å². The smallest absolute Gasteiger partial charge is 0.228 e. The van der Waals surface area contributed by atoms with Gasteiger partial charge in [0.2, 0.25) is 11.8 Å². The topological polar surface area (TPSA) is 49.9 Å². The summed E-state index contributed by atoms with van der Waals surface area (Å²) in [6.45, 7) is 8.41. The second kappa shape index (κ2) is 8.99. The van der Waals surface area contributed by atoms with Crippen molar-refractivity contribution in [3.05, 3.63) is 35.4 Å². The number of methoxy groups -OCH3 is 1. The van der Waals surface area contributed by atoms with Crippen molar-refractivity contribution in [3.63, 3.8) is 0 Å². The van der Waals surface area contributed by atoms with E-state index in [1.54, 1.807) is 7.11 Å². The van der Waals surface area contributed by atoms with Gasteiger partial charge in [-0.05, 0) is 38.3 Å². The predicted molar refractivity (Wildman–Crippen MR) is 98.2 cm³/mol. The normalized spacial score (nSPS) is 20.6. The highest BCUT2D eigenvalue weighted by molar-refractivity contribution is 5.85. The van der Waals surface area contributed by atoms with Crippen LogP contribution in [0.2, 0.25) is 0 Å². The predicted octanol–water partition coefficient (Wildman–Crippen LogP) is 2.79. The largest absolute Gasteiger partial charge is 0.383 e. The third-order valence-corrected chi connectivity index (χ3v) is 5.14.